The molecule has 2 heterocycles. The molecule has 0 aliphatic carbocycles. The molecule has 2 rings (SSSR count). The van der Waals surface area contributed by atoms with Crippen molar-refractivity contribution in [2.24, 2.45) is 0 Å². The summed E-state index contributed by atoms with van der Waals surface area (Å²) < 4.78 is 10.9. The van der Waals surface area contributed by atoms with Crippen molar-refractivity contribution in [3.05, 3.63) is 0 Å². The van der Waals surface area contributed by atoms with Crippen LogP contribution in [0.25, 0.3) is 0 Å². The third-order valence-electron chi connectivity index (χ3n) is 2.08. The van der Waals surface area contributed by atoms with Gasteiger partial charge in [0.25, 0.3) is 0 Å². The first kappa shape index (κ1) is 8.44. The van der Waals surface area contributed by atoms with E-state index in [1.165, 1.54) is 0 Å². The van der Waals surface area contributed by atoms with Crippen molar-refractivity contribution in [3.63, 3.8) is 0 Å². The Balaban J connectivity index is 1.99. The van der Waals surface area contributed by atoms with Crippen molar-refractivity contribution in [1.29, 1.82) is 0 Å². The fourth-order valence-electron chi connectivity index (χ4n) is 1.47. The lowest BCUT2D eigenvalue weighted by atomic mass is 10.2. The molecule has 0 saturated carbocycles. The molecule has 0 amide bonds. The first-order chi connectivity index (χ1) is 5.84. The number of hydrogen-bond donors (Lipinski definition) is 0. The summed E-state index contributed by atoms with van der Waals surface area (Å²) in [6.45, 7) is 1.81. The Labute approximate surface area is 71.7 Å². The second kappa shape index (κ2) is 3.70. The molecule has 2 aliphatic rings. The maximum absolute atomic E-state index is 5.47. The smallest absolute Gasteiger partial charge is 0.194 e. The van der Waals surface area contributed by atoms with Gasteiger partial charge in [0.1, 0.15) is 0 Å². The van der Waals surface area contributed by atoms with Crippen molar-refractivity contribution in [3.8, 4) is 0 Å². The predicted molar refractivity (Wildman–Crippen MR) is 39.8 cm³/mol. The highest BCUT2D eigenvalue weighted by Crippen LogP contribution is 2.24. The summed E-state index contributed by atoms with van der Waals surface area (Å²) >= 11 is 0. The minimum Gasteiger partial charge on any atom is -0.321 e. The molecule has 3 atom stereocenters. The molecular weight excluding hydrogens is 160 g/mol. The van der Waals surface area contributed by atoms with Gasteiger partial charge in [0.15, 0.2) is 18.9 Å². The molecule has 12 heavy (non-hydrogen) atoms. The summed E-state index contributed by atoms with van der Waals surface area (Å²) in [7, 11) is 0. The third kappa shape index (κ3) is 1.95. The van der Waals surface area contributed by atoms with Crippen LogP contribution in [0.5, 0.6) is 0 Å². The molecule has 0 aromatic rings. The fourth-order valence-corrected chi connectivity index (χ4v) is 1.47. The summed E-state index contributed by atoms with van der Waals surface area (Å²) in [6.07, 6.45) is 3.38. The van der Waals surface area contributed by atoms with Gasteiger partial charge in [-0.25, -0.2) is 9.78 Å². The van der Waals surface area contributed by atoms with Gasteiger partial charge in [-0.15, -0.1) is 0 Å². The normalized spacial score (nSPS) is 43.2. The zero-order valence-electron chi connectivity index (χ0n) is 7.19. The quantitative estimate of drug-likeness (QED) is 0.522. The van der Waals surface area contributed by atoms with E-state index in [4.69, 9.17) is 19.2 Å². The molecule has 2 saturated heterocycles. The Morgan fingerprint density at radius 1 is 0.917 bits per heavy atom. The lowest BCUT2D eigenvalue weighted by Crippen LogP contribution is -2.21. The molecule has 2 aliphatic heterocycles. The minimum absolute atomic E-state index is 0.144. The van der Waals surface area contributed by atoms with E-state index in [1.807, 2.05) is 0 Å². The molecular formula is C8H14O4. The summed E-state index contributed by atoms with van der Waals surface area (Å²) in [6, 6.07) is 0. The van der Waals surface area contributed by atoms with Crippen LogP contribution in [0.15, 0.2) is 0 Å². The third-order valence-corrected chi connectivity index (χ3v) is 2.08. The molecule has 4 nitrogen and oxygen atoms in total. The molecule has 4 heteroatoms. The van der Waals surface area contributed by atoms with Crippen LogP contribution in [-0.4, -0.2) is 18.9 Å². The Morgan fingerprint density at radius 2 is 1.67 bits per heavy atom. The first-order valence-electron chi connectivity index (χ1n) is 4.47. The summed E-state index contributed by atoms with van der Waals surface area (Å²) in [5, 5.41) is 0. The highest BCUT2D eigenvalue weighted by atomic mass is 17.3. The average molecular weight is 174 g/mol. The van der Waals surface area contributed by atoms with Crippen LogP contribution in [0.1, 0.15) is 32.6 Å². The Bertz CT molecular complexity index is 150. The lowest BCUT2D eigenvalue weighted by Gasteiger charge is -2.14. The molecule has 0 radical (unpaired) electrons. The van der Waals surface area contributed by atoms with Gasteiger partial charge in [-0.2, -0.15) is 0 Å². The second-order valence-electron chi connectivity index (χ2n) is 3.18. The average Bonchev–Trinajstić information content (AvgIpc) is 2.35. The van der Waals surface area contributed by atoms with E-state index in [0.717, 1.165) is 25.7 Å². The van der Waals surface area contributed by atoms with Gasteiger partial charge in [-0.1, -0.05) is 0 Å². The highest BCUT2D eigenvalue weighted by molar-refractivity contribution is 4.58. The van der Waals surface area contributed by atoms with Crippen molar-refractivity contribution in [2.75, 3.05) is 0 Å². The van der Waals surface area contributed by atoms with E-state index in [2.05, 4.69) is 0 Å². The van der Waals surface area contributed by atoms with Crippen LogP contribution < -0.4 is 0 Å². The van der Waals surface area contributed by atoms with Gasteiger partial charge in [-0.3, -0.25) is 0 Å². The Morgan fingerprint density at radius 3 is 2.50 bits per heavy atom. The van der Waals surface area contributed by atoms with Gasteiger partial charge in [-0.05, 0) is 26.2 Å². The summed E-state index contributed by atoms with van der Waals surface area (Å²) in [4.78, 5) is 9.94. The number of rotatable bonds is 0. The van der Waals surface area contributed by atoms with Crippen LogP contribution in [0.3, 0.4) is 0 Å². The van der Waals surface area contributed by atoms with Crippen LogP contribution in [0.2, 0.25) is 0 Å². The van der Waals surface area contributed by atoms with Crippen LogP contribution >= 0.6 is 0 Å². The van der Waals surface area contributed by atoms with E-state index < -0.39 is 0 Å². The highest BCUT2D eigenvalue weighted by Gasteiger charge is 2.28. The fraction of sp³-hybridized carbons (Fsp3) is 1.00. The van der Waals surface area contributed by atoms with Crippen molar-refractivity contribution in [1.82, 2.24) is 0 Å². The number of fused-ring (bicyclic) bond motifs is 2. The number of hydrogen-bond acceptors (Lipinski definition) is 4. The Kier molecular flexibility index (Phi) is 2.60. The number of ether oxygens (including phenoxy) is 2. The summed E-state index contributed by atoms with van der Waals surface area (Å²) in [5.41, 5.74) is 0. The minimum atomic E-state index is -0.321. The maximum Gasteiger partial charge on any atom is 0.194 e. The van der Waals surface area contributed by atoms with Crippen LogP contribution in [0.4, 0.5) is 0 Å². The van der Waals surface area contributed by atoms with Crippen molar-refractivity contribution < 1.29 is 19.2 Å². The SMILES string of the molecule is CC1OO[C@H]2CCCC[C@@H](O1)O2. The molecule has 0 spiro atoms. The van der Waals surface area contributed by atoms with Gasteiger partial charge in [0, 0.05) is 6.42 Å². The molecule has 70 valence electrons. The van der Waals surface area contributed by atoms with E-state index in [9.17, 15) is 0 Å². The van der Waals surface area contributed by atoms with Crippen molar-refractivity contribution >= 4 is 0 Å². The molecule has 1 unspecified atom stereocenters. The topological polar surface area (TPSA) is 36.9 Å². The monoisotopic (exact) mass is 174 g/mol. The van der Waals surface area contributed by atoms with Gasteiger partial charge >= 0.3 is 0 Å². The van der Waals surface area contributed by atoms with Gasteiger partial charge in [0.2, 0.25) is 0 Å². The predicted octanol–water partition coefficient (Wildman–Crippen LogP) is 1.55. The van der Waals surface area contributed by atoms with Crippen LogP contribution in [-0.2, 0) is 19.2 Å². The standard InChI is InChI=1S/C8H14O4/c1-6-9-7-4-2-3-5-8(10-7)12-11-6/h6-8H,2-5H2,1H3/t6?,7-,8-/m0/s1. The largest absolute Gasteiger partial charge is 0.321 e. The zero-order chi connectivity index (χ0) is 8.39. The van der Waals surface area contributed by atoms with Crippen LogP contribution in [0, 0.1) is 0 Å². The van der Waals surface area contributed by atoms with Crippen molar-refractivity contribution in [2.45, 2.75) is 51.5 Å². The summed E-state index contributed by atoms with van der Waals surface area (Å²) in [5.74, 6) is 0. The van der Waals surface area contributed by atoms with E-state index >= 15 is 0 Å². The molecule has 2 fully saturated rings. The first-order valence-corrected chi connectivity index (χ1v) is 4.47. The lowest BCUT2D eigenvalue weighted by molar-refractivity contribution is -0.395. The van der Waals surface area contributed by atoms with Gasteiger partial charge < -0.3 is 9.47 Å². The zero-order valence-corrected chi connectivity index (χ0v) is 7.19. The Hall–Kier alpha value is -0.160. The molecule has 2 bridgehead atoms. The molecule has 0 aromatic carbocycles. The van der Waals surface area contributed by atoms with E-state index in [1.54, 1.807) is 6.92 Å². The molecule has 0 aromatic heterocycles. The molecule has 0 N–H and O–H groups in total. The van der Waals surface area contributed by atoms with Gasteiger partial charge in [0.05, 0.1) is 0 Å². The van der Waals surface area contributed by atoms with E-state index in [0.29, 0.717) is 0 Å². The van der Waals surface area contributed by atoms with E-state index in [-0.39, 0.29) is 18.9 Å². The maximum atomic E-state index is 5.47. The second-order valence-corrected chi connectivity index (χ2v) is 3.18.